The second kappa shape index (κ2) is 6.29. The van der Waals surface area contributed by atoms with E-state index in [2.05, 4.69) is 15.5 Å². The molecule has 25 heavy (non-hydrogen) atoms. The normalized spacial score (nSPS) is 20.9. The fourth-order valence-electron chi connectivity index (χ4n) is 3.32. The van der Waals surface area contributed by atoms with Gasteiger partial charge in [0.15, 0.2) is 5.69 Å². The Morgan fingerprint density at radius 3 is 2.84 bits per heavy atom. The lowest BCUT2D eigenvalue weighted by atomic mass is 9.75. The minimum atomic E-state index is -0.299. The Kier molecular flexibility index (Phi) is 3.97. The molecule has 2 aromatic heterocycles. The predicted molar refractivity (Wildman–Crippen MR) is 91.9 cm³/mol. The Bertz CT molecular complexity index is 915. The number of pyridine rings is 1. The zero-order chi connectivity index (χ0) is 17.4. The standard InChI is InChI=1S/C19H19N3O3/c1-11-6-17(22-25-11)19(24)21-18(13-8-15(23)9-13)14-7-12-4-2-3-5-16(12)20-10-14/h2-7,10,13,15,18,23H,8-9H2,1H3,(H,21,24)/t13?,15?,18-/m1/s1. The van der Waals surface area contributed by atoms with Gasteiger partial charge in [0.2, 0.25) is 0 Å². The molecule has 1 aromatic carbocycles. The molecule has 0 unspecified atom stereocenters. The quantitative estimate of drug-likeness (QED) is 0.764. The molecule has 1 amide bonds. The van der Waals surface area contributed by atoms with Crippen LogP contribution in [0.5, 0.6) is 0 Å². The molecule has 0 saturated heterocycles. The number of amides is 1. The fraction of sp³-hybridized carbons (Fsp3) is 0.316. The van der Waals surface area contributed by atoms with Crippen molar-refractivity contribution in [3.8, 4) is 0 Å². The first-order chi connectivity index (χ1) is 12.1. The van der Waals surface area contributed by atoms with E-state index in [1.54, 1.807) is 19.2 Å². The van der Waals surface area contributed by atoms with Crippen molar-refractivity contribution in [3.05, 3.63) is 59.6 Å². The molecule has 0 radical (unpaired) electrons. The van der Waals surface area contributed by atoms with E-state index in [1.165, 1.54) is 0 Å². The number of carbonyl (C=O) groups is 1. The highest BCUT2D eigenvalue weighted by Gasteiger charge is 2.36. The monoisotopic (exact) mass is 337 g/mol. The van der Waals surface area contributed by atoms with Crippen molar-refractivity contribution in [1.82, 2.24) is 15.5 Å². The zero-order valence-electron chi connectivity index (χ0n) is 13.8. The molecule has 3 aromatic rings. The number of benzene rings is 1. The SMILES string of the molecule is Cc1cc(C(=O)N[C@@H](c2cnc3ccccc3c2)C2CC(O)C2)no1. The highest BCUT2D eigenvalue weighted by Crippen LogP contribution is 2.38. The van der Waals surface area contributed by atoms with Crippen molar-refractivity contribution in [1.29, 1.82) is 0 Å². The molecule has 4 rings (SSSR count). The molecular weight excluding hydrogens is 318 g/mol. The Morgan fingerprint density at radius 1 is 1.32 bits per heavy atom. The lowest BCUT2D eigenvalue weighted by Gasteiger charge is -2.38. The number of nitrogens with zero attached hydrogens (tertiary/aromatic N) is 2. The highest BCUT2D eigenvalue weighted by atomic mass is 16.5. The number of aliphatic hydroxyl groups excluding tert-OH is 1. The van der Waals surface area contributed by atoms with E-state index in [0.717, 1.165) is 16.5 Å². The molecule has 6 nitrogen and oxygen atoms in total. The summed E-state index contributed by atoms with van der Waals surface area (Å²) in [7, 11) is 0. The zero-order valence-corrected chi connectivity index (χ0v) is 13.8. The maximum absolute atomic E-state index is 12.5. The summed E-state index contributed by atoms with van der Waals surface area (Å²) < 4.78 is 4.99. The number of aromatic nitrogens is 2. The number of para-hydroxylation sites is 1. The van der Waals surface area contributed by atoms with Gasteiger partial charge in [0.25, 0.3) is 5.91 Å². The van der Waals surface area contributed by atoms with Gasteiger partial charge < -0.3 is 14.9 Å². The van der Waals surface area contributed by atoms with E-state index in [-0.39, 0.29) is 29.7 Å². The fourth-order valence-corrected chi connectivity index (χ4v) is 3.32. The van der Waals surface area contributed by atoms with E-state index in [0.29, 0.717) is 18.6 Å². The lowest BCUT2D eigenvalue weighted by Crippen LogP contribution is -2.41. The summed E-state index contributed by atoms with van der Waals surface area (Å²) in [6.45, 7) is 1.75. The Balaban J connectivity index is 1.64. The van der Waals surface area contributed by atoms with Crippen LogP contribution in [0.15, 0.2) is 47.1 Å². The summed E-state index contributed by atoms with van der Waals surface area (Å²) in [5, 5.41) is 17.5. The number of rotatable bonds is 4. The highest BCUT2D eigenvalue weighted by molar-refractivity contribution is 5.92. The minimum Gasteiger partial charge on any atom is -0.393 e. The van der Waals surface area contributed by atoms with E-state index in [4.69, 9.17) is 4.52 Å². The predicted octanol–water partition coefficient (Wildman–Crippen LogP) is 2.77. The van der Waals surface area contributed by atoms with Crippen LogP contribution in [0.25, 0.3) is 10.9 Å². The van der Waals surface area contributed by atoms with Crippen LogP contribution < -0.4 is 5.32 Å². The number of carbonyl (C=O) groups excluding carboxylic acids is 1. The van der Waals surface area contributed by atoms with Gasteiger partial charge >= 0.3 is 0 Å². The van der Waals surface area contributed by atoms with Gasteiger partial charge in [0.1, 0.15) is 5.76 Å². The summed E-state index contributed by atoms with van der Waals surface area (Å²) in [5.41, 5.74) is 2.11. The van der Waals surface area contributed by atoms with E-state index < -0.39 is 0 Å². The third-order valence-electron chi connectivity index (χ3n) is 4.74. The minimum absolute atomic E-state index is 0.176. The average Bonchev–Trinajstić information content (AvgIpc) is 3.03. The summed E-state index contributed by atoms with van der Waals surface area (Å²) in [5.74, 6) is 0.486. The van der Waals surface area contributed by atoms with Crippen LogP contribution in [0, 0.1) is 12.8 Å². The van der Waals surface area contributed by atoms with Gasteiger partial charge in [0, 0.05) is 17.6 Å². The van der Waals surface area contributed by atoms with Crippen LogP contribution in [0.2, 0.25) is 0 Å². The summed E-state index contributed by atoms with van der Waals surface area (Å²) in [6, 6.07) is 11.3. The van der Waals surface area contributed by atoms with Gasteiger partial charge in [-0.1, -0.05) is 23.4 Å². The third kappa shape index (κ3) is 3.13. The second-order valence-electron chi connectivity index (χ2n) is 6.62. The molecule has 2 heterocycles. The molecule has 1 aliphatic rings. The maximum atomic E-state index is 12.5. The molecule has 128 valence electrons. The van der Waals surface area contributed by atoms with Gasteiger partial charge in [-0.2, -0.15) is 0 Å². The van der Waals surface area contributed by atoms with Gasteiger partial charge in [-0.15, -0.1) is 0 Å². The molecule has 1 fully saturated rings. The Morgan fingerprint density at radius 2 is 2.12 bits per heavy atom. The Labute approximate surface area is 144 Å². The summed E-state index contributed by atoms with van der Waals surface area (Å²) >= 11 is 0. The van der Waals surface area contributed by atoms with E-state index in [1.807, 2.05) is 30.3 Å². The topological polar surface area (TPSA) is 88.2 Å². The van der Waals surface area contributed by atoms with Gasteiger partial charge in [-0.3, -0.25) is 9.78 Å². The molecule has 1 aliphatic carbocycles. The van der Waals surface area contributed by atoms with Gasteiger partial charge in [-0.25, -0.2) is 0 Å². The molecule has 1 saturated carbocycles. The van der Waals surface area contributed by atoms with Crippen LogP contribution in [0.1, 0.15) is 40.7 Å². The average molecular weight is 337 g/mol. The molecule has 0 bridgehead atoms. The van der Waals surface area contributed by atoms with Gasteiger partial charge in [0.05, 0.1) is 17.7 Å². The number of nitrogens with one attached hydrogen (secondary N) is 1. The van der Waals surface area contributed by atoms with Crippen LogP contribution >= 0.6 is 0 Å². The summed E-state index contributed by atoms with van der Waals surface area (Å²) in [4.78, 5) is 17.0. The number of fused-ring (bicyclic) bond motifs is 1. The molecule has 0 aliphatic heterocycles. The van der Waals surface area contributed by atoms with Crippen molar-refractivity contribution >= 4 is 16.8 Å². The first-order valence-corrected chi connectivity index (χ1v) is 8.37. The third-order valence-corrected chi connectivity index (χ3v) is 4.74. The number of aryl methyl sites for hydroxylation is 1. The molecule has 2 N–H and O–H groups in total. The first-order valence-electron chi connectivity index (χ1n) is 8.37. The number of aliphatic hydroxyl groups is 1. The lowest BCUT2D eigenvalue weighted by molar-refractivity contribution is 0.0234. The van der Waals surface area contributed by atoms with Crippen LogP contribution in [0.4, 0.5) is 0 Å². The number of hydrogen-bond donors (Lipinski definition) is 2. The van der Waals surface area contributed by atoms with E-state index in [9.17, 15) is 9.90 Å². The smallest absolute Gasteiger partial charge is 0.273 e. The van der Waals surface area contributed by atoms with E-state index >= 15 is 0 Å². The second-order valence-corrected chi connectivity index (χ2v) is 6.62. The molecule has 1 atom stereocenters. The first kappa shape index (κ1) is 15.8. The van der Waals surface area contributed by atoms with Crippen molar-refractivity contribution in [3.63, 3.8) is 0 Å². The number of hydrogen-bond acceptors (Lipinski definition) is 5. The molecule has 6 heteroatoms. The van der Waals surface area contributed by atoms with Crippen LogP contribution in [-0.2, 0) is 0 Å². The van der Waals surface area contributed by atoms with Crippen LogP contribution in [0.3, 0.4) is 0 Å². The molecule has 0 spiro atoms. The van der Waals surface area contributed by atoms with Gasteiger partial charge in [-0.05, 0) is 43.4 Å². The molecular formula is C19H19N3O3. The van der Waals surface area contributed by atoms with Crippen molar-refractivity contribution in [2.75, 3.05) is 0 Å². The van der Waals surface area contributed by atoms with Crippen LogP contribution in [-0.4, -0.2) is 27.3 Å². The largest absolute Gasteiger partial charge is 0.393 e. The maximum Gasteiger partial charge on any atom is 0.273 e. The van der Waals surface area contributed by atoms with Crippen molar-refractivity contribution in [2.24, 2.45) is 5.92 Å². The Hall–Kier alpha value is -2.73. The summed E-state index contributed by atoms with van der Waals surface area (Å²) in [6.07, 6.45) is 2.82. The van der Waals surface area contributed by atoms with Crippen molar-refractivity contribution < 1.29 is 14.4 Å². The van der Waals surface area contributed by atoms with Crippen molar-refractivity contribution in [2.45, 2.75) is 31.9 Å².